The zero-order valence-electron chi connectivity index (χ0n) is 23.9. The van der Waals surface area contributed by atoms with E-state index in [2.05, 4.69) is 21.3 Å². The molecule has 0 aromatic rings. The highest BCUT2D eigenvalue weighted by Gasteiger charge is 2.12. The maximum atomic E-state index is 3.70. The molecule has 4 nitrogen and oxygen atoms in total. The van der Waals surface area contributed by atoms with Gasteiger partial charge < -0.3 is 21.3 Å². The number of halogens is 4. The fourth-order valence-electron chi connectivity index (χ4n) is 5.71. The van der Waals surface area contributed by atoms with Gasteiger partial charge in [0.15, 0.2) is 0 Å². The minimum absolute atomic E-state index is 0. The summed E-state index contributed by atoms with van der Waals surface area (Å²) in [5.74, 6) is 1.90. The van der Waals surface area contributed by atoms with E-state index < -0.39 is 0 Å². The average Bonchev–Trinajstić information content (AvgIpc) is 3.26. The molecule has 2 rings (SSSR count). The lowest BCUT2D eigenvalue weighted by molar-refractivity contribution is 0.422. The summed E-state index contributed by atoms with van der Waals surface area (Å²) in [6.45, 7) is 9.65. The summed E-state index contributed by atoms with van der Waals surface area (Å²) < 4.78 is 0. The monoisotopic (exact) mass is 784 g/mol. The molecular weight excluding hydrogens is 724 g/mol. The van der Waals surface area contributed by atoms with E-state index in [0.717, 1.165) is 11.8 Å². The molecule has 0 bridgehead atoms. The third kappa shape index (κ3) is 27.7. The Morgan fingerprint density at radius 2 is 0.622 bits per heavy atom. The number of hydrogen-bond acceptors (Lipinski definition) is 4. The van der Waals surface area contributed by atoms with Crippen molar-refractivity contribution in [3.63, 3.8) is 0 Å². The molecule has 0 saturated heterocycles. The highest BCUT2D eigenvalue weighted by Crippen LogP contribution is 2.22. The summed E-state index contributed by atoms with van der Waals surface area (Å²) >= 11 is 0. The maximum absolute atomic E-state index is 3.70. The molecule has 2 aliphatic rings. The normalized spacial score (nSPS) is 16.9. The standard InChI is InChI=1S/C29H60N4.4BrH/c1(6-12-20-30-22-14-24-32-26-28-16-8-2-3-9-17-28)7-13-21-31-23-15-25-33-27-29-18-10-4-5-11-19-29;;;;/h28-33H,1-27H2;4*1H. The van der Waals surface area contributed by atoms with Gasteiger partial charge in [-0.05, 0) is 116 Å². The van der Waals surface area contributed by atoms with Crippen LogP contribution >= 0.6 is 67.9 Å². The summed E-state index contributed by atoms with van der Waals surface area (Å²) in [7, 11) is 0. The van der Waals surface area contributed by atoms with Gasteiger partial charge in [-0.25, -0.2) is 0 Å². The molecule has 0 aliphatic heterocycles. The minimum Gasteiger partial charge on any atom is -0.317 e. The highest BCUT2D eigenvalue weighted by molar-refractivity contribution is 8.93. The van der Waals surface area contributed by atoms with Crippen molar-refractivity contribution in [1.29, 1.82) is 0 Å². The Kier molecular flexibility index (Phi) is 39.7. The van der Waals surface area contributed by atoms with Crippen molar-refractivity contribution in [2.24, 2.45) is 11.8 Å². The molecule has 0 amide bonds. The van der Waals surface area contributed by atoms with Gasteiger partial charge in [0.05, 0.1) is 0 Å². The van der Waals surface area contributed by atoms with Crippen LogP contribution in [0, 0.1) is 11.8 Å². The SMILES string of the molecule is Br.Br.Br.Br.C(CCCNCCCNCC1CCCCCC1)CCCNCCCNCC1CCCCCC1. The first kappa shape index (κ1) is 43.2. The Balaban J connectivity index is -0.00000289. The molecule has 0 aromatic heterocycles. The lowest BCUT2D eigenvalue weighted by atomic mass is 10.0. The van der Waals surface area contributed by atoms with E-state index in [-0.39, 0.29) is 67.9 Å². The first-order valence-electron chi connectivity index (χ1n) is 15.3. The van der Waals surface area contributed by atoms with Crippen molar-refractivity contribution in [1.82, 2.24) is 21.3 Å². The van der Waals surface area contributed by atoms with Crippen LogP contribution in [0.3, 0.4) is 0 Å². The summed E-state index contributed by atoms with van der Waals surface area (Å²) in [6, 6.07) is 0. The Bertz CT molecular complexity index is 369. The van der Waals surface area contributed by atoms with Crippen LogP contribution in [0.15, 0.2) is 0 Å². The molecule has 0 atom stereocenters. The van der Waals surface area contributed by atoms with Gasteiger partial charge in [0, 0.05) is 0 Å². The van der Waals surface area contributed by atoms with Gasteiger partial charge in [-0.3, -0.25) is 0 Å². The second-order valence-corrected chi connectivity index (χ2v) is 11.1. The molecule has 0 heterocycles. The molecule has 2 saturated carbocycles. The smallest absolute Gasteiger partial charge is 0.00205 e. The fourth-order valence-corrected chi connectivity index (χ4v) is 5.71. The number of nitrogens with one attached hydrogen (secondary N) is 4. The molecule has 2 fully saturated rings. The molecule has 0 spiro atoms. The van der Waals surface area contributed by atoms with E-state index >= 15 is 0 Å². The summed E-state index contributed by atoms with van der Waals surface area (Å²) in [4.78, 5) is 0. The van der Waals surface area contributed by atoms with Crippen molar-refractivity contribution in [3.05, 3.63) is 0 Å². The van der Waals surface area contributed by atoms with E-state index in [4.69, 9.17) is 0 Å². The van der Waals surface area contributed by atoms with Crippen molar-refractivity contribution < 1.29 is 0 Å². The van der Waals surface area contributed by atoms with Crippen LogP contribution < -0.4 is 21.3 Å². The number of rotatable bonds is 20. The lowest BCUT2D eigenvalue weighted by Gasteiger charge is -2.14. The molecule has 4 N–H and O–H groups in total. The molecule has 0 radical (unpaired) electrons. The van der Waals surface area contributed by atoms with Crippen molar-refractivity contribution in [2.75, 3.05) is 52.4 Å². The number of unbranched alkanes of at least 4 members (excludes halogenated alkanes) is 4. The van der Waals surface area contributed by atoms with Crippen molar-refractivity contribution >= 4 is 67.9 Å². The summed E-state index contributed by atoms with van der Waals surface area (Å²) in [6.07, 6.45) is 26.9. The van der Waals surface area contributed by atoms with Gasteiger partial charge in [0.1, 0.15) is 0 Å². The van der Waals surface area contributed by atoms with Crippen LogP contribution in [-0.2, 0) is 0 Å². The largest absolute Gasteiger partial charge is 0.317 e. The van der Waals surface area contributed by atoms with E-state index in [0.29, 0.717) is 0 Å². The molecule has 0 unspecified atom stereocenters. The summed E-state index contributed by atoms with van der Waals surface area (Å²) in [5.41, 5.74) is 0. The zero-order chi connectivity index (χ0) is 23.1. The second-order valence-electron chi connectivity index (χ2n) is 11.1. The van der Waals surface area contributed by atoms with E-state index in [1.165, 1.54) is 174 Å². The molecule has 37 heavy (non-hydrogen) atoms. The van der Waals surface area contributed by atoms with E-state index in [9.17, 15) is 0 Å². The predicted molar refractivity (Wildman–Crippen MR) is 187 cm³/mol. The summed E-state index contributed by atoms with van der Waals surface area (Å²) in [5, 5.41) is 14.7. The molecular formula is C29H64Br4N4. The molecule has 228 valence electrons. The Labute approximate surface area is 273 Å². The molecule has 2 aliphatic carbocycles. The van der Waals surface area contributed by atoms with Gasteiger partial charge in [-0.1, -0.05) is 70.6 Å². The van der Waals surface area contributed by atoms with Crippen LogP contribution in [0.5, 0.6) is 0 Å². The minimum atomic E-state index is 0. The Hall–Kier alpha value is 1.76. The van der Waals surface area contributed by atoms with Gasteiger partial charge in [-0.15, -0.1) is 67.9 Å². The first-order chi connectivity index (χ1) is 16.4. The van der Waals surface area contributed by atoms with Gasteiger partial charge in [0.25, 0.3) is 0 Å². The third-order valence-electron chi connectivity index (χ3n) is 7.94. The Morgan fingerprint density at radius 3 is 1.00 bits per heavy atom. The quantitative estimate of drug-likeness (QED) is 0.0741. The van der Waals surface area contributed by atoms with Gasteiger partial charge in [0.2, 0.25) is 0 Å². The highest BCUT2D eigenvalue weighted by atomic mass is 79.9. The van der Waals surface area contributed by atoms with Crippen LogP contribution in [0.4, 0.5) is 0 Å². The number of hydrogen-bond donors (Lipinski definition) is 4. The fraction of sp³-hybridized carbons (Fsp3) is 1.00. The van der Waals surface area contributed by atoms with E-state index in [1.54, 1.807) is 0 Å². The average molecular weight is 788 g/mol. The van der Waals surface area contributed by atoms with E-state index in [1.807, 2.05) is 0 Å². The van der Waals surface area contributed by atoms with Crippen LogP contribution in [-0.4, -0.2) is 52.4 Å². The first-order valence-corrected chi connectivity index (χ1v) is 15.3. The van der Waals surface area contributed by atoms with Crippen molar-refractivity contribution in [3.8, 4) is 0 Å². The third-order valence-corrected chi connectivity index (χ3v) is 7.94. The zero-order valence-corrected chi connectivity index (χ0v) is 30.7. The Morgan fingerprint density at radius 1 is 0.324 bits per heavy atom. The van der Waals surface area contributed by atoms with Gasteiger partial charge >= 0.3 is 0 Å². The lowest BCUT2D eigenvalue weighted by Crippen LogP contribution is -2.27. The van der Waals surface area contributed by atoms with Crippen LogP contribution in [0.2, 0.25) is 0 Å². The van der Waals surface area contributed by atoms with Crippen LogP contribution in [0.1, 0.15) is 122 Å². The maximum Gasteiger partial charge on any atom is -0.00205 e. The van der Waals surface area contributed by atoms with Crippen molar-refractivity contribution in [2.45, 2.75) is 122 Å². The van der Waals surface area contributed by atoms with Crippen LogP contribution in [0.25, 0.3) is 0 Å². The molecule has 0 aromatic carbocycles. The second kappa shape index (κ2) is 34.0. The van der Waals surface area contributed by atoms with Gasteiger partial charge in [-0.2, -0.15) is 0 Å². The topological polar surface area (TPSA) is 48.1 Å². The predicted octanol–water partition coefficient (Wildman–Crippen LogP) is 8.33. The molecule has 8 heteroatoms.